The van der Waals surface area contributed by atoms with E-state index in [1.807, 2.05) is 6.92 Å². The molecule has 146 valence electrons. The summed E-state index contributed by atoms with van der Waals surface area (Å²) in [5, 5.41) is 7.54. The molecule has 0 aliphatic heterocycles. The Labute approximate surface area is 159 Å². The Morgan fingerprint density at radius 2 is 1.71 bits per heavy atom. The van der Waals surface area contributed by atoms with Gasteiger partial charge in [0.25, 0.3) is 0 Å². The third-order valence-electron chi connectivity index (χ3n) is 3.94. The van der Waals surface area contributed by atoms with Crippen LogP contribution in [0.5, 0.6) is 17.5 Å². The van der Waals surface area contributed by atoms with Gasteiger partial charge < -0.3 is 15.2 Å². The molecule has 0 saturated carbocycles. The highest BCUT2D eigenvalue weighted by Crippen LogP contribution is 2.41. The van der Waals surface area contributed by atoms with Crippen LogP contribution in [0.1, 0.15) is 16.7 Å². The van der Waals surface area contributed by atoms with Crippen LogP contribution in [-0.4, -0.2) is 22.3 Å². The van der Waals surface area contributed by atoms with Gasteiger partial charge in [0.05, 0.1) is 12.7 Å². The normalized spacial score (nSPS) is 11.4. The van der Waals surface area contributed by atoms with Gasteiger partial charge in [0.1, 0.15) is 11.6 Å². The molecule has 2 aromatic heterocycles. The smallest absolute Gasteiger partial charge is 0.416 e. The van der Waals surface area contributed by atoms with Gasteiger partial charge in [0.15, 0.2) is 0 Å². The van der Waals surface area contributed by atoms with Crippen molar-refractivity contribution in [1.29, 1.82) is 0 Å². The summed E-state index contributed by atoms with van der Waals surface area (Å²) >= 11 is 0. The van der Waals surface area contributed by atoms with Crippen molar-refractivity contribution in [1.82, 2.24) is 15.2 Å². The van der Waals surface area contributed by atoms with Gasteiger partial charge in [0, 0.05) is 22.9 Å². The lowest BCUT2D eigenvalue weighted by Crippen LogP contribution is -2.06. The Morgan fingerprint density at radius 3 is 2.36 bits per heavy atom. The van der Waals surface area contributed by atoms with Crippen LogP contribution in [0, 0.1) is 13.8 Å². The summed E-state index contributed by atoms with van der Waals surface area (Å²) in [5.41, 5.74) is 6.93. The zero-order valence-corrected chi connectivity index (χ0v) is 15.3. The van der Waals surface area contributed by atoms with Crippen molar-refractivity contribution in [3.63, 3.8) is 0 Å². The van der Waals surface area contributed by atoms with Crippen LogP contribution in [0.4, 0.5) is 19.0 Å². The summed E-state index contributed by atoms with van der Waals surface area (Å²) in [6.07, 6.45) is -2.93. The number of nitrogens with zero attached hydrogens (tertiary/aromatic N) is 3. The van der Waals surface area contributed by atoms with E-state index in [0.29, 0.717) is 16.7 Å². The minimum atomic E-state index is -4.53. The van der Waals surface area contributed by atoms with Gasteiger partial charge in [-0.3, -0.25) is 0 Å². The number of aromatic nitrogens is 3. The Bertz CT molecular complexity index is 1020. The molecule has 0 atom stereocenters. The maximum absolute atomic E-state index is 13.2. The number of anilines is 1. The molecule has 0 amide bonds. The Balaban J connectivity index is 2.19. The number of methoxy groups -OCH3 is 1. The number of alkyl halides is 3. The van der Waals surface area contributed by atoms with Crippen molar-refractivity contribution in [2.45, 2.75) is 20.0 Å². The molecular weight excluding hydrogens is 373 g/mol. The lowest BCUT2D eigenvalue weighted by Gasteiger charge is -2.16. The number of pyridine rings is 1. The highest BCUT2D eigenvalue weighted by molar-refractivity contribution is 5.75. The first kappa shape index (κ1) is 19.4. The fourth-order valence-electron chi connectivity index (χ4n) is 2.62. The third kappa shape index (κ3) is 3.98. The van der Waals surface area contributed by atoms with Gasteiger partial charge in [-0.15, -0.1) is 10.2 Å². The van der Waals surface area contributed by atoms with Crippen LogP contribution in [-0.2, 0) is 6.18 Å². The second-order valence-corrected chi connectivity index (χ2v) is 6.14. The molecule has 1 aromatic carbocycles. The van der Waals surface area contributed by atoms with Gasteiger partial charge in [0.2, 0.25) is 11.8 Å². The summed E-state index contributed by atoms with van der Waals surface area (Å²) in [7, 11) is 1.43. The van der Waals surface area contributed by atoms with E-state index in [4.69, 9.17) is 15.2 Å². The summed E-state index contributed by atoms with van der Waals surface area (Å²) < 4.78 is 50.7. The molecule has 0 radical (unpaired) electrons. The van der Waals surface area contributed by atoms with E-state index in [0.717, 1.165) is 17.7 Å². The molecule has 0 saturated heterocycles. The van der Waals surface area contributed by atoms with E-state index in [-0.39, 0.29) is 23.3 Å². The van der Waals surface area contributed by atoms with Crippen molar-refractivity contribution >= 4 is 5.82 Å². The number of nitrogen functional groups attached to an aromatic ring is 1. The van der Waals surface area contributed by atoms with Crippen molar-refractivity contribution in [2.24, 2.45) is 0 Å². The summed E-state index contributed by atoms with van der Waals surface area (Å²) in [4.78, 5) is 4.18. The van der Waals surface area contributed by atoms with E-state index in [2.05, 4.69) is 15.2 Å². The molecule has 0 aliphatic rings. The molecule has 2 heterocycles. The fraction of sp³-hybridized carbons (Fsp3) is 0.211. The standard InChI is InChI=1S/C19H17F3N4O2/c1-10-6-14(18(27-3)24-9-10)13-5-4-12(19(20,21)22)8-15(13)28-17-11(2)7-16(23)25-26-17/h4-9H,1-3H3,(H2,23,25). The van der Waals surface area contributed by atoms with Gasteiger partial charge in [-0.1, -0.05) is 0 Å². The second kappa shape index (κ2) is 7.34. The fourth-order valence-corrected chi connectivity index (χ4v) is 2.62. The lowest BCUT2D eigenvalue weighted by molar-refractivity contribution is -0.137. The Kier molecular flexibility index (Phi) is 5.08. The average Bonchev–Trinajstić information content (AvgIpc) is 2.63. The minimum absolute atomic E-state index is 0.0503. The number of hydrogen-bond donors (Lipinski definition) is 1. The third-order valence-corrected chi connectivity index (χ3v) is 3.94. The minimum Gasteiger partial charge on any atom is -0.481 e. The summed E-state index contributed by atoms with van der Waals surface area (Å²) in [6, 6.07) is 6.48. The van der Waals surface area contributed by atoms with Crippen molar-refractivity contribution in [3.05, 3.63) is 53.2 Å². The number of aryl methyl sites for hydroxylation is 2. The SMILES string of the molecule is COc1ncc(C)cc1-c1ccc(C(F)(F)F)cc1Oc1nnc(N)cc1C. The van der Waals surface area contributed by atoms with E-state index >= 15 is 0 Å². The summed E-state index contributed by atoms with van der Waals surface area (Å²) in [5.74, 6) is 0.436. The Morgan fingerprint density at radius 1 is 0.964 bits per heavy atom. The molecule has 0 spiro atoms. The highest BCUT2D eigenvalue weighted by Gasteiger charge is 2.32. The van der Waals surface area contributed by atoms with Crippen molar-refractivity contribution in [2.75, 3.05) is 12.8 Å². The monoisotopic (exact) mass is 390 g/mol. The molecule has 28 heavy (non-hydrogen) atoms. The molecule has 0 unspecified atom stereocenters. The van der Waals surface area contributed by atoms with E-state index in [1.54, 1.807) is 19.2 Å². The van der Waals surface area contributed by atoms with E-state index in [1.165, 1.54) is 19.2 Å². The molecule has 0 fully saturated rings. The maximum Gasteiger partial charge on any atom is 0.416 e. The highest BCUT2D eigenvalue weighted by atomic mass is 19.4. The molecule has 0 bridgehead atoms. The maximum atomic E-state index is 13.2. The number of rotatable bonds is 4. The molecule has 3 aromatic rings. The number of nitrogens with two attached hydrogens (primary N) is 1. The van der Waals surface area contributed by atoms with E-state index < -0.39 is 11.7 Å². The molecule has 0 aliphatic carbocycles. The van der Waals surface area contributed by atoms with Crippen LogP contribution < -0.4 is 15.2 Å². The van der Waals surface area contributed by atoms with Gasteiger partial charge in [-0.05, 0) is 49.7 Å². The topological polar surface area (TPSA) is 83.2 Å². The number of benzene rings is 1. The molecule has 2 N–H and O–H groups in total. The number of halogens is 3. The van der Waals surface area contributed by atoms with Crippen LogP contribution in [0.2, 0.25) is 0 Å². The zero-order chi connectivity index (χ0) is 20.5. The number of hydrogen-bond acceptors (Lipinski definition) is 6. The van der Waals surface area contributed by atoms with Crippen molar-refractivity contribution < 1.29 is 22.6 Å². The first-order valence-electron chi connectivity index (χ1n) is 8.19. The van der Waals surface area contributed by atoms with Crippen LogP contribution >= 0.6 is 0 Å². The molecule has 3 rings (SSSR count). The van der Waals surface area contributed by atoms with Gasteiger partial charge in [-0.2, -0.15) is 13.2 Å². The quantitative estimate of drug-likeness (QED) is 0.703. The van der Waals surface area contributed by atoms with Gasteiger partial charge in [-0.25, -0.2) is 4.98 Å². The zero-order valence-electron chi connectivity index (χ0n) is 15.3. The number of ether oxygens (including phenoxy) is 2. The van der Waals surface area contributed by atoms with Crippen molar-refractivity contribution in [3.8, 4) is 28.6 Å². The van der Waals surface area contributed by atoms with E-state index in [9.17, 15) is 13.2 Å². The average molecular weight is 390 g/mol. The lowest BCUT2D eigenvalue weighted by atomic mass is 10.0. The first-order chi connectivity index (χ1) is 13.2. The largest absolute Gasteiger partial charge is 0.481 e. The predicted octanol–water partition coefficient (Wildman–Crippen LogP) is 4.56. The second-order valence-electron chi connectivity index (χ2n) is 6.14. The van der Waals surface area contributed by atoms with Crippen LogP contribution in [0.25, 0.3) is 11.1 Å². The first-order valence-corrected chi connectivity index (χ1v) is 8.19. The van der Waals surface area contributed by atoms with Crippen LogP contribution in [0.3, 0.4) is 0 Å². The molecule has 6 nitrogen and oxygen atoms in total. The van der Waals surface area contributed by atoms with Crippen LogP contribution in [0.15, 0.2) is 36.5 Å². The van der Waals surface area contributed by atoms with Gasteiger partial charge >= 0.3 is 6.18 Å². The molecular formula is C19H17F3N4O2. The molecule has 9 heteroatoms. The summed E-state index contributed by atoms with van der Waals surface area (Å²) in [6.45, 7) is 3.48. The Hall–Kier alpha value is -3.36. The predicted molar refractivity (Wildman–Crippen MR) is 97.2 cm³/mol.